The molecule has 1 atom stereocenters. The predicted molar refractivity (Wildman–Crippen MR) is 106 cm³/mol. The van der Waals surface area contributed by atoms with E-state index in [0.29, 0.717) is 25.1 Å². The van der Waals surface area contributed by atoms with E-state index in [0.717, 1.165) is 25.1 Å². The van der Waals surface area contributed by atoms with Crippen molar-refractivity contribution in [1.29, 1.82) is 0 Å². The largest absolute Gasteiger partial charge is 0.377 e. The van der Waals surface area contributed by atoms with E-state index in [2.05, 4.69) is 30.8 Å². The van der Waals surface area contributed by atoms with Crippen molar-refractivity contribution in [3.05, 3.63) is 11.9 Å². The Morgan fingerprint density at radius 2 is 1.96 bits per heavy atom. The first-order valence-electron chi connectivity index (χ1n) is 10.5. The van der Waals surface area contributed by atoms with Crippen LogP contribution < -0.4 is 0 Å². The maximum absolute atomic E-state index is 13.0. The van der Waals surface area contributed by atoms with Crippen LogP contribution in [0.3, 0.4) is 0 Å². The normalized spacial score (nSPS) is 22.2. The first-order chi connectivity index (χ1) is 12.9. The second-order valence-corrected chi connectivity index (χ2v) is 10.6. The van der Waals surface area contributed by atoms with Gasteiger partial charge in [-0.25, -0.2) is 13.4 Å². The van der Waals surface area contributed by atoms with E-state index >= 15 is 0 Å². The van der Waals surface area contributed by atoms with Gasteiger partial charge in [0.1, 0.15) is 0 Å². The molecule has 2 aliphatic rings. The smallest absolute Gasteiger partial charge is 0.227 e. The Kier molecular flexibility index (Phi) is 6.98. The van der Waals surface area contributed by atoms with Crippen LogP contribution in [0.2, 0.25) is 0 Å². The second-order valence-electron chi connectivity index (χ2n) is 8.66. The van der Waals surface area contributed by atoms with Crippen molar-refractivity contribution in [2.45, 2.75) is 89.2 Å². The van der Waals surface area contributed by atoms with E-state index < -0.39 is 9.84 Å². The lowest BCUT2D eigenvalue weighted by molar-refractivity contribution is 0.127. The Bertz CT molecular complexity index is 702. The Morgan fingerprint density at radius 1 is 1.22 bits per heavy atom. The maximum atomic E-state index is 13.0. The summed E-state index contributed by atoms with van der Waals surface area (Å²) in [5.41, 5.74) is 1.00. The lowest BCUT2D eigenvalue weighted by Crippen LogP contribution is -2.34. The number of hydrogen-bond acceptors (Lipinski definition) is 5. The first kappa shape index (κ1) is 20.8. The van der Waals surface area contributed by atoms with Gasteiger partial charge in [0, 0.05) is 25.7 Å². The van der Waals surface area contributed by atoms with Crippen LogP contribution in [0.5, 0.6) is 0 Å². The molecule has 1 aliphatic heterocycles. The fourth-order valence-corrected chi connectivity index (χ4v) is 5.97. The molecular formula is C20H35N3O3S. The summed E-state index contributed by atoms with van der Waals surface area (Å²) in [6, 6.07) is 0.591. The van der Waals surface area contributed by atoms with Gasteiger partial charge in [-0.3, -0.25) is 4.90 Å². The van der Waals surface area contributed by atoms with Crippen LogP contribution in [-0.2, 0) is 27.7 Å². The molecule has 0 bridgehead atoms. The highest BCUT2D eigenvalue weighted by atomic mass is 32.2. The van der Waals surface area contributed by atoms with Gasteiger partial charge in [-0.15, -0.1) is 0 Å². The minimum Gasteiger partial charge on any atom is -0.377 e. The van der Waals surface area contributed by atoms with Crippen molar-refractivity contribution < 1.29 is 13.2 Å². The van der Waals surface area contributed by atoms with Gasteiger partial charge in [-0.1, -0.05) is 33.1 Å². The fourth-order valence-electron chi connectivity index (χ4n) is 4.33. The minimum atomic E-state index is -3.45. The third kappa shape index (κ3) is 5.33. The van der Waals surface area contributed by atoms with Crippen LogP contribution >= 0.6 is 0 Å². The third-order valence-corrected chi connectivity index (χ3v) is 7.46. The van der Waals surface area contributed by atoms with Gasteiger partial charge in [0.2, 0.25) is 15.0 Å². The summed E-state index contributed by atoms with van der Waals surface area (Å²) in [6.07, 6.45) is 9.73. The summed E-state index contributed by atoms with van der Waals surface area (Å²) in [4.78, 5) is 6.75. The topological polar surface area (TPSA) is 64.4 Å². The molecule has 1 aromatic heterocycles. The lowest BCUT2D eigenvalue weighted by Gasteiger charge is -2.31. The van der Waals surface area contributed by atoms with Gasteiger partial charge in [0.05, 0.1) is 23.7 Å². The number of rotatable bonds is 8. The van der Waals surface area contributed by atoms with Gasteiger partial charge in [0.25, 0.3) is 0 Å². The molecule has 1 saturated heterocycles. The number of hydrogen-bond donors (Lipinski definition) is 0. The zero-order valence-corrected chi connectivity index (χ0v) is 17.9. The highest BCUT2D eigenvalue weighted by molar-refractivity contribution is 7.91. The molecule has 0 radical (unpaired) electrons. The summed E-state index contributed by atoms with van der Waals surface area (Å²) in [5.74, 6) is 0.398. The summed E-state index contributed by atoms with van der Waals surface area (Å²) in [6.45, 7) is 6.32. The van der Waals surface area contributed by atoms with Crippen molar-refractivity contribution in [3.8, 4) is 0 Å². The van der Waals surface area contributed by atoms with Gasteiger partial charge >= 0.3 is 0 Å². The second kappa shape index (κ2) is 9.05. The van der Waals surface area contributed by atoms with E-state index in [1.807, 2.05) is 4.57 Å². The fraction of sp³-hybridized carbons (Fsp3) is 0.850. The minimum absolute atomic E-state index is 0.0417. The molecule has 1 aliphatic carbocycles. The quantitative estimate of drug-likeness (QED) is 0.674. The highest BCUT2D eigenvalue weighted by Crippen LogP contribution is 2.25. The number of aromatic nitrogens is 2. The van der Waals surface area contributed by atoms with E-state index in [1.165, 1.54) is 32.1 Å². The molecule has 1 unspecified atom stereocenters. The van der Waals surface area contributed by atoms with Crippen LogP contribution in [-0.4, -0.2) is 54.4 Å². The lowest BCUT2D eigenvalue weighted by atomic mass is 9.94. The molecule has 7 heteroatoms. The number of ether oxygens (including phenoxy) is 1. The molecule has 2 heterocycles. The molecule has 0 aromatic carbocycles. The number of nitrogens with zero attached hydrogens (tertiary/aromatic N) is 3. The average molecular weight is 398 g/mol. The van der Waals surface area contributed by atoms with Crippen molar-refractivity contribution in [3.63, 3.8) is 0 Å². The van der Waals surface area contributed by atoms with Crippen molar-refractivity contribution >= 4 is 9.84 Å². The zero-order chi connectivity index (χ0) is 19.4. The maximum Gasteiger partial charge on any atom is 0.227 e. The molecule has 1 saturated carbocycles. The third-order valence-electron chi connectivity index (χ3n) is 5.77. The van der Waals surface area contributed by atoms with Crippen LogP contribution in [0, 0.1) is 5.92 Å². The standard InChI is InChI=1S/C20H35N3O3S/c1-16(2)13-23-18(14-22(3)17-8-5-4-6-9-17)12-21-20(23)27(24,25)15-19-10-7-11-26-19/h12,16-17,19H,4-11,13-15H2,1-3H3. The molecule has 2 fully saturated rings. The molecule has 1 aromatic rings. The Morgan fingerprint density at radius 3 is 2.59 bits per heavy atom. The van der Waals surface area contributed by atoms with Crippen molar-refractivity contribution in [1.82, 2.24) is 14.5 Å². The van der Waals surface area contributed by atoms with Gasteiger partial charge in [-0.2, -0.15) is 0 Å². The van der Waals surface area contributed by atoms with E-state index in [9.17, 15) is 8.42 Å². The van der Waals surface area contributed by atoms with Gasteiger partial charge in [0.15, 0.2) is 0 Å². The number of imidazole rings is 1. The molecule has 0 spiro atoms. The van der Waals surface area contributed by atoms with Crippen molar-refractivity contribution in [2.24, 2.45) is 5.92 Å². The van der Waals surface area contributed by atoms with Crippen molar-refractivity contribution in [2.75, 3.05) is 19.4 Å². The molecular weight excluding hydrogens is 362 g/mol. The summed E-state index contributed by atoms with van der Waals surface area (Å²) in [5, 5.41) is 0.221. The van der Waals surface area contributed by atoms with Crippen LogP contribution in [0.15, 0.2) is 11.4 Å². The van der Waals surface area contributed by atoms with E-state index in [-0.39, 0.29) is 17.0 Å². The van der Waals surface area contributed by atoms with E-state index in [1.54, 1.807) is 6.20 Å². The SMILES string of the molecule is CC(C)Cn1c(CN(C)C2CCCCC2)cnc1S(=O)(=O)CC1CCCO1. The average Bonchev–Trinajstić information content (AvgIpc) is 3.25. The summed E-state index contributed by atoms with van der Waals surface area (Å²) >= 11 is 0. The molecule has 6 nitrogen and oxygen atoms in total. The predicted octanol–water partition coefficient (Wildman–Crippen LogP) is 3.26. The summed E-state index contributed by atoms with van der Waals surface area (Å²) in [7, 11) is -1.30. The van der Waals surface area contributed by atoms with Gasteiger partial charge in [-0.05, 0) is 38.6 Å². The first-order valence-corrected chi connectivity index (χ1v) is 12.1. The zero-order valence-electron chi connectivity index (χ0n) is 17.1. The monoisotopic (exact) mass is 397 g/mol. The molecule has 3 rings (SSSR count). The van der Waals surface area contributed by atoms with Crippen LogP contribution in [0.25, 0.3) is 0 Å². The molecule has 27 heavy (non-hydrogen) atoms. The Balaban J connectivity index is 1.79. The van der Waals surface area contributed by atoms with Crippen LogP contribution in [0.4, 0.5) is 0 Å². The van der Waals surface area contributed by atoms with Crippen LogP contribution in [0.1, 0.15) is 64.5 Å². The molecule has 0 N–H and O–H groups in total. The van der Waals surface area contributed by atoms with Gasteiger partial charge < -0.3 is 9.30 Å². The number of sulfone groups is 1. The highest BCUT2D eigenvalue weighted by Gasteiger charge is 2.30. The molecule has 154 valence electrons. The summed E-state index contributed by atoms with van der Waals surface area (Å²) < 4.78 is 33.5. The Labute approximate surface area is 164 Å². The van der Waals surface area contributed by atoms with E-state index in [4.69, 9.17) is 4.74 Å². The molecule has 0 amide bonds. The Hall–Kier alpha value is -0.920.